The molecule has 2 aromatic rings. The zero-order valence-corrected chi connectivity index (χ0v) is 17.0. The summed E-state index contributed by atoms with van der Waals surface area (Å²) < 4.78 is 0. The first-order valence-corrected chi connectivity index (χ1v) is 9.61. The number of anilines is 2. The van der Waals surface area contributed by atoms with Crippen molar-refractivity contribution in [2.24, 2.45) is 0 Å². The molecule has 0 amide bonds. The van der Waals surface area contributed by atoms with E-state index >= 15 is 0 Å². The molecule has 2 rings (SSSR count). The summed E-state index contributed by atoms with van der Waals surface area (Å²) in [6, 6.07) is 19.0. The molecule has 0 heterocycles. The Kier molecular flexibility index (Phi) is 8.55. The molecule has 0 aliphatic rings. The predicted octanol–water partition coefficient (Wildman–Crippen LogP) is 8.01. The second kappa shape index (κ2) is 11.4. The summed E-state index contributed by atoms with van der Waals surface area (Å²) in [7, 11) is 0. The largest absolute Gasteiger partial charge is 0.311 e. The maximum Gasteiger partial charge on any atom is 0.0461 e. The molecule has 0 aliphatic carbocycles. The minimum absolute atomic E-state index is 1.10. The van der Waals surface area contributed by atoms with Crippen LogP contribution in [0.5, 0.6) is 0 Å². The van der Waals surface area contributed by atoms with Gasteiger partial charge in [-0.05, 0) is 62.2 Å². The fourth-order valence-corrected chi connectivity index (χ4v) is 2.86. The van der Waals surface area contributed by atoms with Gasteiger partial charge in [0.1, 0.15) is 0 Å². The van der Waals surface area contributed by atoms with E-state index in [4.69, 9.17) is 0 Å². The number of rotatable bonds is 8. The third-order valence-corrected chi connectivity index (χ3v) is 4.28. The number of hydrogen-bond donors (Lipinski definition) is 0. The third kappa shape index (κ3) is 5.85. The normalized spacial score (nSPS) is 13.0. The molecule has 28 heavy (non-hydrogen) atoms. The predicted molar refractivity (Wildman–Crippen MR) is 126 cm³/mol. The van der Waals surface area contributed by atoms with Gasteiger partial charge in [-0.1, -0.05) is 85.5 Å². The number of allylic oxidation sites excluding steroid dienone is 9. The Morgan fingerprint density at radius 3 is 2.04 bits per heavy atom. The van der Waals surface area contributed by atoms with E-state index in [0.29, 0.717) is 0 Å². The summed E-state index contributed by atoms with van der Waals surface area (Å²) in [5.41, 5.74) is 5.70. The molecule has 2 aromatic carbocycles. The molecule has 0 atom stereocenters. The second-order valence-corrected chi connectivity index (χ2v) is 6.19. The summed E-state index contributed by atoms with van der Waals surface area (Å²) in [5.74, 6) is 0. The van der Waals surface area contributed by atoms with Crippen LogP contribution in [0.2, 0.25) is 0 Å². The zero-order chi connectivity index (χ0) is 20.2. The quantitative estimate of drug-likeness (QED) is 0.427. The Labute approximate surface area is 170 Å². The lowest BCUT2D eigenvalue weighted by molar-refractivity contribution is 1.20. The molecular weight excluding hydrogens is 338 g/mol. The van der Waals surface area contributed by atoms with Gasteiger partial charge in [0.25, 0.3) is 0 Å². The summed E-state index contributed by atoms with van der Waals surface area (Å²) in [6.07, 6.45) is 18.5. The fraction of sp³-hybridized carbons (Fsp3) is 0.111. The summed E-state index contributed by atoms with van der Waals surface area (Å²) in [4.78, 5) is 2.24. The van der Waals surface area contributed by atoms with Gasteiger partial charge in [0.05, 0.1) is 0 Å². The Balaban J connectivity index is 2.38. The second-order valence-electron chi connectivity index (χ2n) is 6.19. The molecule has 0 unspecified atom stereocenters. The Morgan fingerprint density at radius 1 is 0.786 bits per heavy atom. The highest BCUT2D eigenvalue weighted by Crippen LogP contribution is 2.30. The molecule has 0 fully saturated rings. The van der Waals surface area contributed by atoms with Crippen LogP contribution in [0.3, 0.4) is 0 Å². The molecule has 0 saturated carbocycles. The summed E-state index contributed by atoms with van der Waals surface area (Å²) >= 11 is 0. The SMILES string of the molecule is C=C/C=C\C(=C/C)N(c1ccccc1)c1ccc(/C=C/C(/C=C\C)=C/C)cc1. The highest BCUT2D eigenvalue weighted by molar-refractivity contribution is 5.71. The highest BCUT2D eigenvalue weighted by Gasteiger charge is 2.11. The lowest BCUT2D eigenvalue weighted by Gasteiger charge is -2.26. The van der Waals surface area contributed by atoms with E-state index in [9.17, 15) is 0 Å². The van der Waals surface area contributed by atoms with Crippen molar-refractivity contribution >= 4 is 17.5 Å². The van der Waals surface area contributed by atoms with Crippen LogP contribution >= 0.6 is 0 Å². The van der Waals surface area contributed by atoms with E-state index in [2.05, 4.69) is 116 Å². The number of benzene rings is 2. The molecular formula is C27H29N. The van der Waals surface area contributed by atoms with Gasteiger partial charge in [0.2, 0.25) is 0 Å². The molecule has 0 spiro atoms. The first kappa shape index (κ1) is 21.0. The lowest BCUT2D eigenvalue weighted by Crippen LogP contribution is -2.14. The first-order chi connectivity index (χ1) is 13.7. The topological polar surface area (TPSA) is 3.24 Å². The van der Waals surface area contributed by atoms with Gasteiger partial charge in [-0.15, -0.1) is 0 Å². The average molecular weight is 368 g/mol. The van der Waals surface area contributed by atoms with Crippen LogP contribution in [-0.2, 0) is 0 Å². The number of para-hydroxylation sites is 1. The lowest BCUT2D eigenvalue weighted by atomic mass is 10.1. The Morgan fingerprint density at radius 2 is 1.46 bits per heavy atom. The van der Waals surface area contributed by atoms with Crippen molar-refractivity contribution in [1.29, 1.82) is 0 Å². The van der Waals surface area contributed by atoms with Crippen molar-refractivity contribution in [3.8, 4) is 0 Å². The van der Waals surface area contributed by atoms with Gasteiger partial charge in [-0.2, -0.15) is 0 Å². The van der Waals surface area contributed by atoms with Crippen molar-refractivity contribution in [2.75, 3.05) is 4.90 Å². The van der Waals surface area contributed by atoms with Crippen LogP contribution in [-0.4, -0.2) is 0 Å². The van der Waals surface area contributed by atoms with Crippen LogP contribution in [0.25, 0.3) is 6.08 Å². The van der Waals surface area contributed by atoms with Crippen LogP contribution in [0.1, 0.15) is 26.3 Å². The van der Waals surface area contributed by atoms with E-state index in [-0.39, 0.29) is 0 Å². The van der Waals surface area contributed by atoms with Gasteiger partial charge < -0.3 is 4.90 Å². The third-order valence-electron chi connectivity index (χ3n) is 4.28. The highest BCUT2D eigenvalue weighted by atomic mass is 15.1. The van der Waals surface area contributed by atoms with Crippen molar-refractivity contribution in [2.45, 2.75) is 20.8 Å². The molecule has 0 bridgehead atoms. The summed E-state index contributed by atoms with van der Waals surface area (Å²) in [6.45, 7) is 9.92. The average Bonchev–Trinajstić information content (AvgIpc) is 2.75. The zero-order valence-electron chi connectivity index (χ0n) is 17.0. The monoisotopic (exact) mass is 367 g/mol. The molecule has 1 heteroatoms. The van der Waals surface area contributed by atoms with Crippen molar-refractivity contribution in [3.63, 3.8) is 0 Å². The van der Waals surface area contributed by atoms with E-state index in [1.807, 2.05) is 19.1 Å². The maximum atomic E-state index is 3.79. The molecule has 1 nitrogen and oxygen atoms in total. The number of hydrogen-bond acceptors (Lipinski definition) is 1. The van der Waals surface area contributed by atoms with Gasteiger partial charge in [-0.25, -0.2) is 0 Å². The van der Waals surface area contributed by atoms with Crippen LogP contribution in [0.15, 0.2) is 121 Å². The Bertz CT molecular complexity index is 891. The van der Waals surface area contributed by atoms with E-state index < -0.39 is 0 Å². The minimum Gasteiger partial charge on any atom is -0.311 e. The van der Waals surface area contributed by atoms with Crippen LogP contribution in [0.4, 0.5) is 11.4 Å². The maximum absolute atomic E-state index is 3.79. The molecule has 0 radical (unpaired) electrons. The summed E-state index contributed by atoms with van der Waals surface area (Å²) in [5, 5.41) is 0. The molecule has 0 aliphatic heterocycles. The smallest absolute Gasteiger partial charge is 0.0461 e. The Hall–Kier alpha value is -3.32. The molecule has 0 saturated heterocycles. The first-order valence-electron chi connectivity index (χ1n) is 9.61. The van der Waals surface area contributed by atoms with Gasteiger partial charge in [-0.3, -0.25) is 0 Å². The van der Waals surface area contributed by atoms with Crippen molar-refractivity contribution < 1.29 is 0 Å². The fourth-order valence-electron chi connectivity index (χ4n) is 2.86. The van der Waals surface area contributed by atoms with Crippen molar-refractivity contribution in [3.05, 3.63) is 127 Å². The molecule has 0 N–H and O–H groups in total. The van der Waals surface area contributed by atoms with E-state index in [0.717, 1.165) is 17.1 Å². The van der Waals surface area contributed by atoms with Gasteiger partial charge in [0.15, 0.2) is 0 Å². The van der Waals surface area contributed by atoms with E-state index in [1.54, 1.807) is 6.08 Å². The minimum atomic E-state index is 1.10. The van der Waals surface area contributed by atoms with Crippen LogP contribution in [0, 0.1) is 0 Å². The van der Waals surface area contributed by atoms with Gasteiger partial charge >= 0.3 is 0 Å². The molecule has 142 valence electrons. The molecule has 0 aromatic heterocycles. The van der Waals surface area contributed by atoms with E-state index in [1.165, 1.54) is 11.1 Å². The van der Waals surface area contributed by atoms with Crippen molar-refractivity contribution in [1.82, 2.24) is 0 Å². The van der Waals surface area contributed by atoms with Gasteiger partial charge in [0, 0.05) is 17.1 Å². The van der Waals surface area contributed by atoms with Crippen LogP contribution < -0.4 is 4.90 Å². The standard InChI is InChI=1S/C27H29N/c1-5-9-14-25(8-4)28(26-15-11-10-12-16-26)27-21-19-24(20-22-27)18-17-23(7-3)13-6-2/h5-22H,1H2,2-4H3/b13-6-,14-9-,18-17+,23-7+,25-8+. The number of nitrogens with zero attached hydrogens (tertiary/aromatic N) is 1.